The highest BCUT2D eigenvalue weighted by Crippen LogP contribution is 2.43. The van der Waals surface area contributed by atoms with Crippen molar-refractivity contribution in [2.24, 2.45) is 0 Å². The Morgan fingerprint density at radius 1 is 0.283 bits per heavy atom. The summed E-state index contributed by atoms with van der Waals surface area (Å²) < 4.78 is 9.38. The van der Waals surface area contributed by atoms with Crippen LogP contribution in [-0.4, -0.2) is 13.7 Å². The SMILES string of the molecule is Brc1cc(Br)cc(-n2c3ccccc3c3ccc4c5ccccc5n(-c5ccc6c(c5)c5ccccc5n6-c5cccc(-c6ccccc6)c5)c4c32)c1. The van der Waals surface area contributed by atoms with Crippen molar-refractivity contribution < 1.29 is 0 Å². The monoisotopic (exact) mass is 805 g/mol. The smallest absolute Gasteiger partial charge is 0.0788 e. The molecule has 0 radical (unpaired) electrons. The molecule has 11 aromatic rings. The molecule has 0 bridgehead atoms. The van der Waals surface area contributed by atoms with Gasteiger partial charge in [-0.25, -0.2) is 0 Å². The van der Waals surface area contributed by atoms with E-state index in [0.717, 1.165) is 26.0 Å². The summed E-state index contributed by atoms with van der Waals surface area (Å²) in [4.78, 5) is 0. The first-order valence-electron chi connectivity index (χ1n) is 17.7. The summed E-state index contributed by atoms with van der Waals surface area (Å²) in [6.45, 7) is 0. The van der Waals surface area contributed by atoms with Crippen LogP contribution in [0.3, 0.4) is 0 Å². The normalized spacial score (nSPS) is 12.0. The molecule has 5 heteroatoms. The van der Waals surface area contributed by atoms with Crippen molar-refractivity contribution in [2.45, 2.75) is 0 Å². The Kier molecular flexibility index (Phi) is 6.85. The molecule has 53 heavy (non-hydrogen) atoms. The Hall–Kier alpha value is -5.88. The molecule has 250 valence electrons. The van der Waals surface area contributed by atoms with Gasteiger partial charge in [-0.2, -0.15) is 0 Å². The molecule has 3 nitrogen and oxygen atoms in total. The number of hydrogen-bond donors (Lipinski definition) is 0. The van der Waals surface area contributed by atoms with E-state index < -0.39 is 0 Å². The second-order valence-corrected chi connectivity index (χ2v) is 15.5. The number of para-hydroxylation sites is 3. The number of aromatic nitrogens is 3. The van der Waals surface area contributed by atoms with E-state index in [1.165, 1.54) is 76.5 Å². The zero-order chi connectivity index (χ0) is 35.2. The molecule has 0 atom stereocenters. The highest BCUT2D eigenvalue weighted by atomic mass is 79.9. The molecule has 0 fully saturated rings. The van der Waals surface area contributed by atoms with E-state index in [4.69, 9.17) is 0 Å². The van der Waals surface area contributed by atoms with Gasteiger partial charge in [0.15, 0.2) is 0 Å². The van der Waals surface area contributed by atoms with Crippen LogP contribution in [0.5, 0.6) is 0 Å². The van der Waals surface area contributed by atoms with E-state index in [0.29, 0.717) is 0 Å². The van der Waals surface area contributed by atoms with Crippen molar-refractivity contribution in [2.75, 3.05) is 0 Å². The van der Waals surface area contributed by atoms with Crippen LogP contribution in [0.25, 0.3) is 93.6 Å². The number of fused-ring (bicyclic) bond motifs is 10. The van der Waals surface area contributed by atoms with Crippen molar-refractivity contribution >= 4 is 97.3 Å². The summed E-state index contributed by atoms with van der Waals surface area (Å²) in [6.07, 6.45) is 0. The van der Waals surface area contributed by atoms with Crippen LogP contribution in [0.1, 0.15) is 0 Å². The van der Waals surface area contributed by atoms with Crippen LogP contribution < -0.4 is 0 Å². The maximum Gasteiger partial charge on any atom is 0.0788 e. The molecule has 0 spiro atoms. The minimum atomic E-state index is 1.02. The zero-order valence-electron chi connectivity index (χ0n) is 28.3. The van der Waals surface area contributed by atoms with E-state index in [1.807, 2.05) is 0 Å². The lowest BCUT2D eigenvalue weighted by molar-refractivity contribution is 1.14. The topological polar surface area (TPSA) is 14.8 Å². The van der Waals surface area contributed by atoms with Crippen LogP contribution in [0, 0.1) is 0 Å². The quantitative estimate of drug-likeness (QED) is 0.168. The van der Waals surface area contributed by atoms with E-state index in [9.17, 15) is 0 Å². The molecule has 0 saturated carbocycles. The van der Waals surface area contributed by atoms with Gasteiger partial charge in [-0.05, 0) is 77.9 Å². The molecular weight excluding hydrogens is 778 g/mol. The average Bonchev–Trinajstić information content (AvgIpc) is 3.83. The van der Waals surface area contributed by atoms with Gasteiger partial charge in [-0.3, -0.25) is 0 Å². The fourth-order valence-corrected chi connectivity index (χ4v) is 9.81. The van der Waals surface area contributed by atoms with Gasteiger partial charge in [-0.15, -0.1) is 0 Å². The molecule has 3 heterocycles. The second-order valence-electron chi connectivity index (χ2n) is 13.7. The Morgan fingerprint density at radius 2 is 0.774 bits per heavy atom. The molecular formula is C48H29Br2N3. The molecule has 0 amide bonds. The van der Waals surface area contributed by atoms with Crippen molar-refractivity contribution in [1.29, 1.82) is 0 Å². The molecule has 0 aliphatic carbocycles. The zero-order valence-corrected chi connectivity index (χ0v) is 31.5. The number of halogens is 2. The predicted molar refractivity (Wildman–Crippen MR) is 230 cm³/mol. The minimum Gasteiger partial charge on any atom is -0.309 e. The summed E-state index contributed by atoms with van der Waals surface area (Å²) in [5, 5.41) is 7.37. The van der Waals surface area contributed by atoms with Crippen LogP contribution >= 0.6 is 31.9 Å². The maximum absolute atomic E-state index is 3.78. The van der Waals surface area contributed by atoms with Crippen LogP contribution in [-0.2, 0) is 0 Å². The number of rotatable bonds is 4. The Morgan fingerprint density at radius 3 is 1.42 bits per heavy atom. The lowest BCUT2D eigenvalue weighted by Crippen LogP contribution is -1.99. The van der Waals surface area contributed by atoms with E-state index in [-0.39, 0.29) is 0 Å². The highest BCUT2D eigenvalue weighted by Gasteiger charge is 2.22. The molecule has 0 aliphatic heterocycles. The van der Waals surface area contributed by atoms with E-state index >= 15 is 0 Å². The Balaban J connectivity index is 1.24. The van der Waals surface area contributed by atoms with Crippen molar-refractivity contribution in [3.05, 3.63) is 185 Å². The van der Waals surface area contributed by atoms with Gasteiger partial charge >= 0.3 is 0 Å². The Bertz CT molecular complexity index is 3240. The summed E-state index contributed by atoms with van der Waals surface area (Å²) in [6, 6.07) is 64.0. The van der Waals surface area contributed by atoms with Crippen LogP contribution in [0.4, 0.5) is 0 Å². The first-order valence-corrected chi connectivity index (χ1v) is 19.3. The van der Waals surface area contributed by atoms with Crippen LogP contribution in [0.2, 0.25) is 0 Å². The third-order valence-corrected chi connectivity index (χ3v) is 11.6. The summed E-state index contributed by atoms with van der Waals surface area (Å²) in [7, 11) is 0. The third kappa shape index (κ3) is 4.64. The third-order valence-electron chi connectivity index (χ3n) is 10.7. The molecule has 3 aromatic heterocycles. The van der Waals surface area contributed by atoms with Crippen LogP contribution in [0.15, 0.2) is 185 Å². The largest absolute Gasteiger partial charge is 0.309 e. The second kappa shape index (κ2) is 11.8. The maximum atomic E-state index is 3.78. The summed E-state index contributed by atoms with van der Waals surface area (Å²) in [5.41, 5.74) is 12.9. The molecule has 0 saturated heterocycles. The van der Waals surface area contributed by atoms with Crippen molar-refractivity contribution in [3.63, 3.8) is 0 Å². The van der Waals surface area contributed by atoms with Gasteiger partial charge in [0.05, 0.1) is 33.1 Å². The number of benzene rings is 8. The predicted octanol–water partition coefficient (Wildman–Crippen LogP) is 14.2. The molecule has 11 rings (SSSR count). The summed E-state index contributed by atoms with van der Waals surface area (Å²) in [5.74, 6) is 0. The Labute approximate surface area is 322 Å². The first-order chi connectivity index (χ1) is 26.1. The molecule has 0 N–H and O–H groups in total. The molecule has 0 aliphatic rings. The standard InChI is InChI=1S/C48H29Br2N3/c49-32-26-33(50)28-36(27-32)53-45-20-9-5-16-38(45)41-23-22-40-37-15-4-8-19-44(37)52(47(40)48(41)53)35-21-24-46-42(29-35)39-17-6-7-18-43(39)51(46)34-14-10-13-31(25-34)30-11-2-1-3-12-30/h1-29H. The van der Waals surface area contributed by atoms with E-state index in [1.54, 1.807) is 0 Å². The minimum absolute atomic E-state index is 1.02. The highest BCUT2D eigenvalue weighted by molar-refractivity contribution is 9.11. The molecule has 0 unspecified atom stereocenters. The fraction of sp³-hybridized carbons (Fsp3) is 0. The van der Waals surface area contributed by atoms with Gasteiger partial charge in [-0.1, -0.05) is 141 Å². The first kappa shape index (κ1) is 30.7. The number of nitrogens with zero attached hydrogens (tertiary/aromatic N) is 3. The van der Waals surface area contributed by atoms with Crippen molar-refractivity contribution in [3.8, 4) is 28.2 Å². The van der Waals surface area contributed by atoms with E-state index in [2.05, 4.69) is 221 Å². The van der Waals surface area contributed by atoms with Gasteiger partial charge < -0.3 is 13.7 Å². The van der Waals surface area contributed by atoms with Gasteiger partial charge in [0.2, 0.25) is 0 Å². The fourth-order valence-electron chi connectivity index (χ4n) is 8.54. The van der Waals surface area contributed by atoms with Gasteiger partial charge in [0, 0.05) is 58.3 Å². The summed E-state index contributed by atoms with van der Waals surface area (Å²) >= 11 is 7.56. The average molecular weight is 808 g/mol. The lowest BCUT2D eigenvalue weighted by Gasteiger charge is -2.14. The lowest BCUT2D eigenvalue weighted by atomic mass is 10.1. The van der Waals surface area contributed by atoms with Gasteiger partial charge in [0.25, 0.3) is 0 Å². The molecule has 8 aromatic carbocycles. The van der Waals surface area contributed by atoms with Gasteiger partial charge in [0.1, 0.15) is 0 Å². The van der Waals surface area contributed by atoms with Crippen molar-refractivity contribution in [1.82, 2.24) is 13.7 Å². The number of hydrogen-bond acceptors (Lipinski definition) is 0.